The van der Waals surface area contributed by atoms with E-state index in [1.165, 1.54) is 11.3 Å². The van der Waals surface area contributed by atoms with Crippen molar-refractivity contribution in [3.8, 4) is 0 Å². The Kier molecular flexibility index (Phi) is 5.22. The van der Waals surface area contributed by atoms with Crippen molar-refractivity contribution in [2.45, 2.75) is 13.3 Å². The van der Waals surface area contributed by atoms with Gasteiger partial charge in [-0.05, 0) is 36.2 Å². The molecule has 0 aliphatic heterocycles. The molecule has 0 saturated carbocycles. The van der Waals surface area contributed by atoms with E-state index in [4.69, 9.17) is 0 Å². The molecule has 24 heavy (non-hydrogen) atoms. The first-order valence-corrected chi connectivity index (χ1v) is 8.91. The number of hydrogen-bond donors (Lipinski definition) is 2. The van der Waals surface area contributed by atoms with Gasteiger partial charge in [-0.1, -0.05) is 57.6 Å². The molecular formula is C17H15BrN4OS. The summed E-state index contributed by atoms with van der Waals surface area (Å²) >= 11 is 4.82. The maximum atomic E-state index is 12.1. The second kappa shape index (κ2) is 7.55. The average molecular weight is 403 g/mol. The van der Waals surface area contributed by atoms with Crippen LogP contribution in [0, 0.1) is 6.92 Å². The van der Waals surface area contributed by atoms with E-state index in [-0.39, 0.29) is 6.03 Å². The molecule has 3 aromatic rings. The van der Waals surface area contributed by atoms with Crippen molar-refractivity contribution in [3.05, 3.63) is 69.1 Å². The predicted octanol–water partition coefficient (Wildman–Crippen LogP) is 4.84. The molecule has 0 bridgehead atoms. The lowest BCUT2D eigenvalue weighted by atomic mass is 10.2. The number of anilines is 2. The fourth-order valence-corrected chi connectivity index (χ4v) is 3.38. The monoisotopic (exact) mass is 402 g/mol. The Hall–Kier alpha value is -2.25. The quantitative estimate of drug-likeness (QED) is 0.655. The SMILES string of the molecule is Cc1ccccc1NC(=O)Nc1nnc(Cc2cccc(Br)c2)s1. The molecule has 0 radical (unpaired) electrons. The van der Waals surface area contributed by atoms with E-state index in [1.807, 2.05) is 55.5 Å². The van der Waals surface area contributed by atoms with Gasteiger partial charge in [0.05, 0.1) is 0 Å². The van der Waals surface area contributed by atoms with Gasteiger partial charge in [0, 0.05) is 16.6 Å². The number of hydrogen-bond acceptors (Lipinski definition) is 4. The first-order chi connectivity index (χ1) is 11.6. The number of para-hydroxylation sites is 1. The van der Waals surface area contributed by atoms with Gasteiger partial charge in [0.15, 0.2) is 0 Å². The largest absolute Gasteiger partial charge is 0.325 e. The highest BCUT2D eigenvalue weighted by Crippen LogP contribution is 2.21. The Bertz CT molecular complexity index is 865. The molecule has 2 amide bonds. The minimum absolute atomic E-state index is 0.325. The van der Waals surface area contributed by atoms with Crippen molar-refractivity contribution in [2.75, 3.05) is 10.6 Å². The van der Waals surface area contributed by atoms with E-state index in [0.29, 0.717) is 11.6 Å². The van der Waals surface area contributed by atoms with Crippen LogP contribution in [0.3, 0.4) is 0 Å². The summed E-state index contributed by atoms with van der Waals surface area (Å²) in [5.41, 5.74) is 2.91. The number of urea groups is 1. The summed E-state index contributed by atoms with van der Waals surface area (Å²) in [6, 6.07) is 15.3. The molecule has 0 fully saturated rings. The van der Waals surface area contributed by atoms with Gasteiger partial charge in [-0.15, -0.1) is 10.2 Å². The molecule has 0 atom stereocenters. The van der Waals surface area contributed by atoms with Crippen LogP contribution in [0.25, 0.3) is 0 Å². The number of halogens is 1. The predicted molar refractivity (Wildman–Crippen MR) is 101 cm³/mol. The number of aryl methyl sites for hydroxylation is 1. The van der Waals surface area contributed by atoms with Crippen LogP contribution in [0.5, 0.6) is 0 Å². The maximum absolute atomic E-state index is 12.1. The standard InChI is InChI=1S/C17H15BrN4OS/c1-11-5-2-3-8-14(11)19-16(23)20-17-22-21-15(24-17)10-12-6-4-7-13(18)9-12/h2-9H,10H2,1H3,(H2,19,20,22,23). The Morgan fingerprint density at radius 3 is 2.75 bits per heavy atom. The van der Waals surface area contributed by atoms with E-state index < -0.39 is 0 Å². The lowest BCUT2D eigenvalue weighted by Gasteiger charge is -2.07. The zero-order valence-corrected chi connectivity index (χ0v) is 15.3. The number of carbonyl (C=O) groups excluding carboxylic acids is 1. The van der Waals surface area contributed by atoms with Crippen molar-refractivity contribution in [2.24, 2.45) is 0 Å². The van der Waals surface area contributed by atoms with Gasteiger partial charge in [0.25, 0.3) is 0 Å². The van der Waals surface area contributed by atoms with Crippen molar-refractivity contribution < 1.29 is 4.79 Å². The second-order valence-corrected chi connectivity index (χ2v) is 7.18. The van der Waals surface area contributed by atoms with Crippen LogP contribution in [0.4, 0.5) is 15.6 Å². The highest BCUT2D eigenvalue weighted by atomic mass is 79.9. The summed E-state index contributed by atoms with van der Waals surface area (Å²) in [6.07, 6.45) is 0.679. The molecule has 0 aliphatic carbocycles. The number of nitrogens with zero attached hydrogens (tertiary/aromatic N) is 2. The molecule has 122 valence electrons. The van der Waals surface area contributed by atoms with Crippen molar-refractivity contribution in [1.29, 1.82) is 0 Å². The summed E-state index contributed by atoms with van der Waals surface area (Å²) in [6.45, 7) is 1.94. The highest BCUT2D eigenvalue weighted by molar-refractivity contribution is 9.10. The summed E-state index contributed by atoms with van der Waals surface area (Å²) in [5.74, 6) is 0. The molecule has 0 unspecified atom stereocenters. The van der Waals surface area contributed by atoms with Gasteiger partial charge in [-0.25, -0.2) is 4.79 Å². The third-order valence-corrected chi connectivity index (χ3v) is 4.66. The van der Waals surface area contributed by atoms with E-state index in [1.54, 1.807) is 0 Å². The number of benzene rings is 2. The molecule has 2 N–H and O–H groups in total. The molecule has 1 heterocycles. The van der Waals surface area contributed by atoms with Crippen molar-refractivity contribution >= 4 is 44.1 Å². The molecular weight excluding hydrogens is 388 g/mol. The summed E-state index contributed by atoms with van der Waals surface area (Å²) < 4.78 is 1.03. The smallest absolute Gasteiger partial charge is 0.307 e. The van der Waals surface area contributed by atoms with E-state index in [0.717, 1.165) is 26.3 Å². The molecule has 5 nitrogen and oxygen atoms in total. The zero-order valence-electron chi connectivity index (χ0n) is 12.9. The molecule has 7 heteroatoms. The summed E-state index contributed by atoms with van der Waals surface area (Å²) in [7, 11) is 0. The number of nitrogens with one attached hydrogen (secondary N) is 2. The number of rotatable bonds is 4. The van der Waals surface area contributed by atoms with Gasteiger partial charge >= 0.3 is 6.03 Å². The zero-order chi connectivity index (χ0) is 16.9. The van der Waals surface area contributed by atoms with E-state index in [9.17, 15) is 4.79 Å². The molecule has 3 rings (SSSR count). The molecule has 0 spiro atoms. The lowest BCUT2D eigenvalue weighted by Crippen LogP contribution is -2.19. The Morgan fingerprint density at radius 1 is 1.12 bits per heavy atom. The second-order valence-electron chi connectivity index (χ2n) is 5.20. The van der Waals surface area contributed by atoms with Crippen LogP contribution < -0.4 is 10.6 Å². The van der Waals surface area contributed by atoms with Crippen LogP contribution in [0.1, 0.15) is 16.1 Å². The van der Waals surface area contributed by atoms with Gasteiger partial charge < -0.3 is 5.32 Å². The fraction of sp³-hybridized carbons (Fsp3) is 0.118. The number of aromatic nitrogens is 2. The lowest BCUT2D eigenvalue weighted by molar-refractivity contribution is 0.262. The van der Waals surface area contributed by atoms with Gasteiger partial charge in [0.1, 0.15) is 5.01 Å². The molecule has 2 aromatic carbocycles. The van der Waals surface area contributed by atoms with Gasteiger partial charge in [0.2, 0.25) is 5.13 Å². The van der Waals surface area contributed by atoms with E-state index >= 15 is 0 Å². The minimum atomic E-state index is -0.325. The topological polar surface area (TPSA) is 66.9 Å². The van der Waals surface area contributed by atoms with Crippen molar-refractivity contribution in [1.82, 2.24) is 10.2 Å². The molecule has 0 aliphatic rings. The third-order valence-electron chi connectivity index (χ3n) is 3.32. The van der Waals surface area contributed by atoms with Crippen LogP contribution in [0.2, 0.25) is 0 Å². The number of amides is 2. The first-order valence-electron chi connectivity index (χ1n) is 7.30. The Morgan fingerprint density at radius 2 is 1.96 bits per heavy atom. The summed E-state index contributed by atoms with van der Waals surface area (Å²) in [4.78, 5) is 12.1. The Balaban J connectivity index is 1.61. The van der Waals surface area contributed by atoms with Gasteiger partial charge in [-0.3, -0.25) is 5.32 Å². The average Bonchev–Trinajstić information content (AvgIpc) is 2.96. The third kappa shape index (κ3) is 4.39. The Labute approximate surface area is 152 Å². The fourth-order valence-electron chi connectivity index (χ4n) is 2.16. The minimum Gasteiger partial charge on any atom is -0.307 e. The highest BCUT2D eigenvalue weighted by Gasteiger charge is 2.10. The normalized spacial score (nSPS) is 10.4. The maximum Gasteiger partial charge on any atom is 0.325 e. The molecule has 1 aromatic heterocycles. The van der Waals surface area contributed by atoms with Gasteiger partial charge in [-0.2, -0.15) is 0 Å². The van der Waals surface area contributed by atoms with E-state index in [2.05, 4.69) is 36.8 Å². The van der Waals surface area contributed by atoms with Crippen molar-refractivity contribution in [3.63, 3.8) is 0 Å². The van der Waals surface area contributed by atoms with Crippen LogP contribution in [0.15, 0.2) is 53.0 Å². The van der Waals surface area contributed by atoms with Crippen LogP contribution in [-0.2, 0) is 6.42 Å². The number of carbonyl (C=O) groups is 1. The molecule has 0 saturated heterocycles. The summed E-state index contributed by atoms with van der Waals surface area (Å²) in [5, 5.41) is 15.0. The van der Waals surface area contributed by atoms with Crippen LogP contribution >= 0.6 is 27.3 Å². The van der Waals surface area contributed by atoms with Crippen LogP contribution in [-0.4, -0.2) is 16.2 Å². The first kappa shape index (κ1) is 16.6.